The second-order valence-corrected chi connectivity index (χ2v) is 8.22. The lowest BCUT2D eigenvalue weighted by molar-refractivity contribution is 0.251. The monoisotopic (exact) mass is 394 g/mol. The minimum Gasteiger partial charge on any atom is -0.284 e. The van der Waals surface area contributed by atoms with Crippen LogP contribution in [0.15, 0.2) is 24.3 Å². The van der Waals surface area contributed by atoms with E-state index in [9.17, 15) is 9.36 Å². The number of benzene rings is 1. The summed E-state index contributed by atoms with van der Waals surface area (Å²) in [6.07, 6.45) is 0. The number of alkyl halides is 2. The van der Waals surface area contributed by atoms with Crippen LogP contribution >= 0.6 is 43.0 Å². The van der Waals surface area contributed by atoms with Crippen LogP contribution < -0.4 is 15.1 Å². The zero-order valence-corrected chi connectivity index (χ0v) is 15.7. The van der Waals surface area contributed by atoms with Crippen molar-refractivity contribution in [3.05, 3.63) is 29.8 Å². The molecule has 1 aromatic carbocycles. The van der Waals surface area contributed by atoms with Crippen molar-refractivity contribution in [2.24, 2.45) is 0 Å². The predicted octanol–water partition coefficient (Wildman–Crippen LogP) is 3.29. The Morgan fingerprint density at radius 3 is 2.22 bits per heavy atom. The summed E-state index contributed by atoms with van der Waals surface area (Å²) >= 11 is 16.7. The van der Waals surface area contributed by atoms with Crippen molar-refractivity contribution in [1.82, 2.24) is 14.8 Å². The Labute approximate surface area is 150 Å². The van der Waals surface area contributed by atoms with Gasteiger partial charge in [-0.3, -0.25) is 14.7 Å². The second-order valence-electron chi connectivity index (χ2n) is 4.91. The molecule has 2 N–H and O–H groups in total. The number of nitrogens with zero attached hydrogens (tertiary/aromatic N) is 2. The third-order valence-electron chi connectivity index (χ3n) is 3.28. The quantitative estimate of drug-likeness (QED) is 0.440. The largest absolute Gasteiger partial charge is 0.336 e. The van der Waals surface area contributed by atoms with Gasteiger partial charge in [-0.15, -0.1) is 23.2 Å². The molecule has 23 heavy (non-hydrogen) atoms. The number of anilines is 1. The van der Waals surface area contributed by atoms with E-state index in [1.807, 2.05) is 19.1 Å². The molecule has 1 fully saturated rings. The summed E-state index contributed by atoms with van der Waals surface area (Å²) in [5.41, 5.74) is 1.66. The third-order valence-corrected chi connectivity index (χ3v) is 6.26. The zero-order chi connectivity index (χ0) is 17.0. The average molecular weight is 395 g/mol. The highest BCUT2D eigenvalue weighted by Crippen LogP contribution is 2.43. The molecule has 0 saturated carbocycles. The molecule has 1 unspecified atom stereocenters. The van der Waals surface area contributed by atoms with Crippen LogP contribution in [0, 0.1) is 6.92 Å². The molecule has 10 heteroatoms. The van der Waals surface area contributed by atoms with E-state index in [1.165, 1.54) is 9.57 Å². The lowest BCUT2D eigenvalue weighted by atomic mass is 10.2. The van der Waals surface area contributed by atoms with E-state index in [4.69, 9.17) is 35.4 Å². The smallest absolute Gasteiger partial charge is 0.284 e. The van der Waals surface area contributed by atoms with Crippen LogP contribution in [0.4, 0.5) is 10.5 Å². The van der Waals surface area contributed by atoms with E-state index in [1.54, 1.807) is 12.1 Å². The lowest BCUT2D eigenvalue weighted by Crippen LogP contribution is -2.57. The molecule has 1 saturated heterocycles. The van der Waals surface area contributed by atoms with Gasteiger partial charge in [-0.2, -0.15) is 0 Å². The molecule has 1 aliphatic rings. The van der Waals surface area contributed by atoms with Crippen molar-refractivity contribution < 1.29 is 9.36 Å². The molecule has 2 amide bonds. The Balaban J connectivity index is 2.24. The number of aryl methyl sites for hydroxylation is 1. The number of hydrogen-bond donors (Lipinski definition) is 2. The van der Waals surface area contributed by atoms with Crippen molar-refractivity contribution in [2.45, 2.75) is 6.92 Å². The molecular formula is C13H17Cl2N4O2PS. The molecule has 1 atom stereocenters. The average Bonchev–Trinajstić information content (AvgIpc) is 2.48. The summed E-state index contributed by atoms with van der Waals surface area (Å²) in [6, 6.07) is 6.73. The van der Waals surface area contributed by atoms with Gasteiger partial charge in [0.2, 0.25) is 0 Å². The number of carbonyl (C=O) groups excluding carboxylic acids is 1. The summed E-state index contributed by atoms with van der Waals surface area (Å²) in [4.78, 5) is 13.7. The number of nitrogens with one attached hydrogen (secondary N) is 2. The minimum atomic E-state index is -3.40. The van der Waals surface area contributed by atoms with Gasteiger partial charge in [0.15, 0.2) is 5.11 Å². The van der Waals surface area contributed by atoms with E-state index in [-0.39, 0.29) is 16.9 Å². The van der Waals surface area contributed by atoms with Crippen LogP contribution in [0.1, 0.15) is 5.56 Å². The first-order valence-electron chi connectivity index (χ1n) is 6.90. The van der Waals surface area contributed by atoms with Crippen LogP contribution in [0.3, 0.4) is 0 Å². The van der Waals surface area contributed by atoms with Crippen molar-refractivity contribution >= 4 is 59.8 Å². The molecule has 0 spiro atoms. The fourth-order valence-corrected chi connectivity index (χ4v) is 5.16. The van der Waals surface area contributed by atoms with Crippen LogP contribution in [-0.4, -0.2) is 40.7 Å². The van der Waals surface area contributed by atoms with Crippen LogP contribution in [-0.2, 0) is 4.57 Å². The van der Waals surface area contributed by atoms with Crippen LogP contribution in [0.5, 0.6) is 0 Å². The number of rotatable bonds is 6. The summed E-state index contributed by atoms with van der Waals surface area (Å²) in [7, 11) is -3.40. The van der Waals surface area contributed by atoms with Gasteiger partial charge in [0.05, 0.1) is 5.69 Å². The number of hydrogen-bond acceptors (Lipinski definition) is 3. The Kier molecular flexibility index (Phi) is 6.28. The Morgan fingerprint density at radius 2 is 1.74 bits per heavy atom. The topological polar surface area (TPSA) is 64.7 Å². The molecule has 1 aromatic rings. The first-order valence-corrected chi connectivity index (χ1v) is 10.0. The van der Waals surface area contributed by atoms with Crippen molar-refractivity contribution in [3.63, 3.8) is 0 Å². The van der Waals surface area contributed by atoms with Crippen LogP contribution in [0.25, 0.3) is 0 Å². The van der Waals surface area contributed by atoms with E-state index in [0.29, 0.717) is 18.8 Å². The second kappa shape index (κ2) is 7.81. The fraction of sp³-hybridized carbons (Fsp3) is 0.385. The predicted molar refractivity (Wildman–Crippen MR) is 98.5 cm³/mol. The van der Waals surface area contributed by atoms with Crippen molar-refractivity contribution in [3.8, 4) is 0 Å². The van der Waals surface area contributed by atoms with Gasteiger partial charge in [0.25, 0.3) is 0 Å². The first-order chi connectivity index (χ1) is 10.9. The SMILES string of the molecule is Cc1ccc(N2C(=O)NP(=O)(N(CCCl)CCCl)NC2=S)cc1. The molecule has 126 valence electrons. The molecule has 6 nitrogen and oxygen atoms in total. The Morgan fingerprint density at radius 1 is 1.17 bits per heavy atom. The summed E-state index contributed by atoms with van der Waals surface area (Å²) in [5.74, 6) is 0.514. The summed E-state index contributed by atoms with van der Waals surface area (Å²) in [5, 5.41) is 5.33. The minimum absolute atomic E-state index is 0.0788. The molecule has 1 heterocycles. The maximum atomic E-state index is 13.0. The molecule has 0 bridgehead atoms. The van der Waals surface area contributed by atoms with E-state index >= 15 is 0 Å². The van der Waals surface area contributed by atoms with Gasteiger partial charge in [-0.1, -0.05) is 17.7 Å². The molecule has 0 aliphatic carbocycles. The van der Waals surface area contributed by atoms with Gasteiger partial charge in [-0.25, -0.2) is 14.4 Å². The van der Waals surface area contributed by atoms with Gasteiger partial charge in [0, 0.05) is 24.8 Å². The van der Waals surface area contributed by atoms with Crippen molar-refractivity contribution in [1.29, 1.82) is 0 Å². The first kappa shape index (κ1) is 18.5. The van der Waals surface area contributed by atoms with Crippen LogP contribution in [0.2, 0.25) is 0 Å². The summed E-state index contributed by atoms with van der Waals surface area (Å²) < 4.78 is 14.5. The maximum absolute atomic E-state index is 13.0. The number of thiocarbonyl (C=S) groups is 1. The van der Waals surface area contributed by atoms with E-state index in [0.717, 1.165) is 5.56 Å². The normalized spacial score (nSPS) is 21.3. The zero-order valence-electron chi connectivity index (χ0n) is 12.5. The standard InChI is InChI=1S/C13H17Cl2N4O2PS/c1-10-2-4-11(5-3-10)19-12(20)16-22(21,17-13(19)23)18(8-6-14)9-7-15/h2-5H,6-9H2,1H3,(H2,16,17,20,21,23). The maximum Gasteiger partial charge on any atom is 0.336 e. The fourth-order valence-electron chi connectivity index (χ4n) is 2.14. The van der Waals surface area contributed by atoms with Gasteiger partial charge < -0.3 is 0 Å². The number of carbonyl (C=O) groups is 1. The molecule has 0 radical (unpaired) electrons. The molecular weight excluding hydrogens is 378 g/mol. The van der Waals surface area contributed by atoms with Gasteiger partial charge in [-0.05, 0) is 31.3 Å². The number of amides is 2. The molecule has 1 aliphatic heterocycles. The van der Waals surface area contributed by atoms with Crippen molar-refractivity contribution in [2.75, 3.05) is 29.7 Å². The highest BCUT2D eigenvalue weighted by molar-refractivity contribution is 7.81. The summed E-state index contributed by atoms with van der Waals surface area (Å²) in [6.45, 7) is 2.57. The molecule has 0 aromatic heterocycles. The molecule has 2 rings (SSSR count). The number of halogens is 2. The lowest BCUT2D eigenvalue weighted by Gasteiger charge is -2.39. The number of urea groups is 1. The van der Waals surface area contributed by atoms with Gasteiger partial charge >= 0.3 is 13.6 Å². The van der Waals surface area contributed by atoms with E-state index < -0.39 is 13.6 Å². The third kappa shape index (κ3) is 4.17. The highest BCUT2D eigenvalue weighted by atomic mass is 35.5. The van der Waals surface area contributed by atoms with E-state index in [2.05, 4.69) is 10.2 Å². The Bertz CT molecular complexity index is 615. The highest BCUT2D eigenvalue weighted by Gasteiger charge is 2.41. The Hall–Kier alpha value is -0.850. The van der Waals surface area contributed by atoms with Gasteiger partial charge in [0.1, 0.15) is 0 Å².